The molecule has 0 radical (unpaired) electrons. The first kappa shape index (κ1) is 21.1. The van der Waals surface area contributed by atoms with E-state index in [1.54, 1.807) is 24.3 Å². The maximum Gasteiger partial charge on any atom is 2.00 e. The van der Waals surface area contributed by atoms with Crippen LogP contribution in [-0.2, 0) is 0 Å². The van der Waals surface area contributed by atoms with Crippen LogP contribution in [0.3, 0.4) is 0 Å². The van der Waals surface area contributed by atoms with Gasteiger partial charge in [0.2, 0.25) is 0 Å². The molecule has 2 aromatic rings. The normalized spacial score (nSPS) is 9.22. The Labute approximate surface area is 152 Å². The van der Waals surface area contributed by atoms with E-state index in [9.17, 15) is 19.8 Å². The molecular formula is C18H18MgO4. The fourth-order valence-corrected chi connectivity index (χ4v) is 2.19. The van der Waals surface area contributed by atoms with Crippen molar-refractivity contribution in [3.05, 3.63) is 69.8 Å². The zero-order valence-electron chi connectivity index (χ0n) is 13.8. The second-order valence-electron chi connectivity index (χ2n) is 5.33. The van der Waals surface area contributed by atoms with Gasteiger partial charge in [-0.05, 0) is 38.8 Å². The largest absolute Gasteiger partial charge is 2.00 e. The van der Waals surface area contributed by atoms with Gasteiger partial charge in [0.1, 0.15) is 0 Å². The number of rotatable bonds is 2. The fourth-order valence-electron chi connectivity index (χ4n) is 2.19. The third-order valence-corrected chi connectivity index (χ3v) is 2.91. The van der Waals surface area contributed by atoms with Crippen molar-refractivity contribution in [1.29, 1.82) is 0 Å². The Bertz CT molecular complexity index is 606. The summed E-state index contributed by atoms with van der Waals surface area (Å²) in [5.41, 5.74) is 4.30. The number of aromatic carboxylic acids is 2. The Morgan fingerprint density at radius 3 is 1.00 bits per heavy atom. The minimum atomic E-state index is -1.11. The van der Waals surface area contributed by atoms with Crippen LogP contribution in [-0.4, -0.2) is 35.0 Å². The van der Waals surface area contributed by atoms with Crippen molar-refractivity contribution in [3.63, 3.8) is 0 Å². The number of carbonyl (C=O) groups excluding carboxylic acids is 2. The van der Waals surface area contributed by atoms with Crippen molar-refractivity contribution in [3.8, 4) is 0 Å². The van der Waals surface area contributed by atoms with Crippen LogP contribution in [0, 0.1) is 27.7 Å². The molecule has 4 nitrogen and oxygen atoms in total. The topological polar surface area (TPSA) is 80.3 Å². The zero-order valence-corrected chi connectivity index (χ0v) is 15.2. The van der Waals surface area contributed by atoms with E-state index < -0.39 is 11.9 Å². The van der Waals surface area contributed by atoms with Crippen LogP contribution in [0.2, 0.25) is 0 Å². The maximum atomic E-state index is 10.4. The van der Waals surface area contributed by atoms with Gasteiger partial charge in [-0.2, -0.15) is 0 Å². The van der Waals surface area contributed by atoms with E-state index in [1.807, 2.05) is 39.8 Å². The van der Waals surface area contributed by atoms with Gasteiger partial charge in [0, 0.05) is 0 Å². The summed E-state index contributed by atoms with van der Waals surface area (Å²) >= 11 is 0. The van der Waals surface area contributed by atoms with Crippen molar-refractivity contribution in [1.82, 2.24) is 0 Å². The van der Waals surface area contributed by atoms with Gasteiger partial charge in [-0.15, -0.1) is 0 Å². The van der Waals surface area contributed by atoms with Gasteiger partial charge in [-0.25, -0.2) is 0 Å². The third kappa shape index (κ3) is 7.30. The van der Waals surface area contributed by atoms with Crippen LogP contribution < -0.4 is 10.2 Å². The van der Waals surface area contributed by atoms with Crippen molar-refractivity contribution < 1.29 is 19.8 Å². The van der Waals surface area contributed by atoms with Crippen LogP contribution >= 0.6 is 0 Å². The average Bonchev–Trinajstić information content (AvgIpc) is 2.37. The van der Waals surface area contributed by atoms with E-state index >= 15 is 0 Å². The third-order valence-electron chi connectivity index (χ3n) is 2.91. The number of benzene rings is 2. The summed E-state index contributed by atoms with van der Waals surface area (Å²) in [7, 11) is 0. The van der Waals surface area contributed by atoms with Crippen LogP contribution in [0.15, 0.2) is 36.4 Å². The molecule has 5 heteroatoms. The smallest absolute Gasteiger partial charge is 0.545 e. The van der Waals surface area contributed by atoms with Crippen molar-refractivity contribution in [2.45, 2.75) is 27.7 Å². The van der Waals surface area contributed by atoms with Crippen molar-refractivity contribution in [2.24, 2.45) is 0 Å². The summed E-state index contributed by atoms with van der Waals surface area (Å²) in [5.74, 6) is -2.23. The van der Waals surface area contributed by atoms with E-state index in [0.29, 0.717) is 0 Å². The average molecular weight is 323 g/mol. The first-order chi connectivity index (χ1) is 10.2. The molecule has 0 atom stereocenters. The number of carbonyl (C=O) groups is 2. The molecule has 0 spiro atoms. The molecule has 0 saturated heterocycles. The molecule has 0 amide bonds. The molecule has 0 aliphatic rings. The van der Waals surface area contributed by atoms with Crippen LogP contribution in [0.5, 0.6) is 0 Å². The molecular weight excluding hydrogens is 304 g/mol. The molecule has 0 N–H and O–H groups in total. The number of carboxylic acid groups (broad SMARTS) is 2. The van der Waals surface area contributed by atoms with E-state index in [2.05, 4.69) is 0 Å². The Morgan fingerprint density at radius 2 is 0.826 bits per heavy atom. The first-order valence-corrected chi connectivity index (χ1v) is 6.78. The zero-order chi connectivity index (χ0) is 16.9. The number of carboxylic acids is 2. The van der Waals surface area contributed by atoms with Crippen LogP contribution in [0.1, 0.15) is 43.0 Å². The molecule has 23 heavy (non-hydrogen) atoms. The summed E-state index contributed by atoms with van der Waals surface area (Å²) in [4.78, 5) is 20.8. The van der Waals surface area contributed by atoms with Crippen molar-refractivity contribution >= 4 is 35.0 Å². The number of hydrogen-bond acceptors (Lipinski definition) is 4. The molecule has 0 aliphatic heterocycles. The van der Waals surface area contributed by atoms with E-state index in [1.165, 1.54) is 0 Å². The standard InChI is InChI=1S/2C9H10O2.Mg/c2*1-6-3-7(2)5-8(4-6)9(10)11;/h2*3-5H,1-2H3,(H,10,11);/q;;+2/p-2. The quantitative estimate of drug-likeness (QED) is 0.771. The SMILES string of the molecule is Cc1cc(C)cc(C(=O)[O-])c1.Cc1cc(C)cc(C(=O)[O-])c1.[Mg+2]. The summed E-state index contributed by atoms with van der Waals surface area (Å²) < 4.78 is 0. The Hall–Kier alpha value is -1.85. The molecule has 0 unspecified atom stereocenters. The van der Waals surface area contributed by atoms with Gasteiger partial charge in [0.05, 0.1) is 11.9 Å². The second kappa shape index (κ2) is 9.32. The number of aryl methyl sites for hydroxylation is 4. The minimum absolute atomic E-state index is 0. The number of hydrogen-bond donors (Lipinski definition) is 0. The summed E-state index contributed by atoms with van der Waals surface area (Å²) in [6.45, 7) is 7.44. The molecule has 0 aliphatic carbocycles. The first-order valence-electron chi connectivity index (χ1n) is 6.78. The molecule has 0 aromatic heterocycles. The molecule has 0 saturated carbocycles. The molecule has 2 rings (SSSR count). The van der Waals surface area contributed by atoms with Gasteiger partial charge in [-0.3, -0.25) is 0 Å². The molecule has 0 fully saturated rings. The predicted molar refractivity (Wildman–Crippen MR) is 86.2 cm³/mol. The second-order valence-corrected chi connectivity index (χ2v) is 5.33. The van der Waals surface area contributed by atoms with Gasteiger partial charge < -0.3 is 19.8 Å². The van der Waals surface area contributed by atoms with E-state index in [-0.39, 0.29) is 34.2 Å². The summed E-state index contributed by atoms with van der Waals surface area (Å²) in [6.07, 6.45) is 0. The maximum absolute atomic E-state index is 10.4. The van der Waals surface area contributed by atoms with Gasteiger partial charge in [0.15, 0.2) is 0 Å². The Balaban J connectivity index is 0.000000403. The minimum Gasteiger partial charge on any atom is -0.545 e. The summed E-state index contributed by atoms with van der Waals surface area (Å²) in [5, 5.41) is 20.8. The Kier molecular flexibility index (Phi) is 8.57. The van der Waals surface area contributed by atoms with Crippen LogP contribution in [0.25, 0.3) is 0 Å². The van der Waals surface area contributed by atoms with Crippen LogP contribution in [0.4, 0.5) is 0 Å². The monoisotopic (exact) mass is 322 g/mol. The predicted octanol–water partition coefficient (Wildman–Crippen LogP) is 0.953. The van der Waals surface area contributed by atoms with Crippen molar-refractivity contribution in [2.75, 3.05) is 0 Å². The molecule has 0 heterocycles. The fraction of sp³-hybridized carbons (Fsp3) is 0.222. The molecule has 116 valence electrons. The van der Waals surface area contributed by atoms with E-state index in [4.69, 9.17) is 0 Å². The summed E-state index contributed by atoms with van der Waals surface area (Å²) in [6, 6.07) is 10.2. The van der Waals surface area contributed by atoms with Gasteiger partial charge >= 0.3 is 23.1 Å². The van der Waals surface area contributed by atoms with Gasteiger partial charge in [-0.1, -0.05) is 58.7 Å². The molecule has 0 bridgehead atoms. The molecule has 2 aromatic carbocycles. The Morgan fingerprint density at radius 1 is 0.609 bits per heavy atom. The van der Waals surface area contributed by atoms with Gasteiger partial charge in [0.25, 0.3) is 0 Å². The van der Waals surface area contributed by atoms with E-state index in [0.717, 1.165) is 22.3 Å².